The van der Waals surface area contributed by atoms with E-state index in [2.05, 4.69) is 4.72 Å². The number of hydrogen-bond donors (Lipinski definition) is 1. The molecule has 0 spiro atoms. The van der Waals surface area contributed by atoms with E-state index in [0.717, 1.165) is 11.3 Å². The highest BCUT2D eigenvalue weighted by Crippen LogP contribution is 2.22. The van der Waals surface area contributed by atoms with Gasteiger partial charge in [0.15, 0.2) is 0 Å². The fraction of sp³-hybridized carbons (Fsp3) is 0.438. The lowest BCUT2D eigenvalue weighted by molar-refractivity contribution is -0.133. The fourth-order valence-electron chi connectivity index (χ4n) is 3.01. The summed E-state index contributed by atoms with van der Waals surface area (Å²) in [6.07, 6.45) is 0.862. The van der Waals surface area contributed by atoms with Crippen molar-refractivity contribution in [3.05, 3.63) is 27.9 Å². The minimum absolute atomic E-state index is 0.0494. The van der Waals surface area contributed by atoms with Gasteiger partial charge < -0.3 is 9.47 Å². The first kappa shape index (κ1) is 18.6. The number of rotatable bonds is 3. The third-order valence-electron chi connectivity index (χ3n) is 4.62. The summed E-state index contributed by atoms with van der Waals surface area (Å²) in [7, 11) is -2.40. The van der Waals surface area contributed by atoms with E-state index in [1.54, 1.807) is 18.0 Å². The molecule has 0 radical (unpaired) electrons. The third kappa shape index (κ3) is 3.51. The number of thiazole rings is 1. The summed E-state index contributed by atoms with van der Waals surface area (Å²) in [5.41, 5.74) is 0.641. The van der Waals surface area contributed by atoms with E-state index in [4.69, 9.17) is 0 Å². The number of aryl methyl sites for hydroxylation is 1. The molecule has 2 aromatic rings. The van der Waals surface area contributed by atoms with Crippen LogP contribution in [0.1, 0.15) is 19.8 Å². The molecule has 1 aromatic carbocycles. The number of hydrogen-bond acceptors (Lipinski definition) is 6. The van der Waals surface area contributed by atoms with E-state index in [0.29, 0.717) is 36.1 Å². The minimum atomic E-state index is -4.02. The zero-order valence-corrected chi connectivity index (χ0v) is 16.0. The van der Waals surface area contributed by atoms with Crippen molar-refractivity contribution in [2.45, 2.75) is 24.7 Å². The maximum Gasteiger partial charge on any atom is 0.307 e. The molecule has 2 heterocycles. The van der Waals surface area contributed by atoms with Crippen LogP contribution in [0.4, 0.5) is 0 Å². The normalized spacial score (nSPS) is 16.0. The molecule has 2 amide bonds. The van der Waals surface area contributed by atoms with Gasteiger partial charge in [-0.05, 0) is 31.0 Å². The SMILES string of the molecule is CC(=O)N1CCC(C(=O)NS(=O)(=O)c2ccc3c(c2)sc(=O)n3C)CC1. The number of fused-ring (bicyclic) bond motifs is 1. The summed E-state index contributed by atoms with van der Waals surface area (Å²) in [6, 6.07) is 4.33. The van der Waals surface area contributed by atoms with Crippen LogP contribution >= 0.6 is 11.3 Å². The van der Waals surface area contributed by atoms with Crippen molar-refractivity contribution in [2.75, 3.05) is 13.1 Å². The molecule has 1 saturated heterocycles. The standard InChI is InChI=1S/C16H19N3O5S2/c1-10(20)19-7-5-11(6-8-19)15(21)17-26(23,24)12-3-4-13-14(9-12)25-16(22)18(13)2/h3-4,9,11H,5-8H2,1-2H3,(H,17,21). The Morgan fingerprint density at radius 1 is 1.23 bits per heavy atom. The van der Waals surface area contributed by atoms with Crippen LogP contribution in [0.3, 0.4) is 0 Å². The van der Waals surface area contributed by atoms with Crippen LogP contribution in [0.2, 0.25) is 0 Å². The van der Waals surface area contributed by atoms with Crippen LogP contribution < -0.4 is 9.60 Å². The number of carbonyl (C=O) groups excluding carboxylic acids is 2. The van der Waals surface area contributed by atoms with E-state index in [1.807, 2.05) is 0 Å². The molecule has 1 fully saturated rings. The van der Waals surface area contributed by atoms with Crippen LogP contribution in [0, 0.1) is 5.92 Å². The molecule has 0 aliphatic carbocycles. The van der Waals surface area contributed by atoms with Gasteiger partial charge in [-0.3, -0.25) is 14.4 Å². The van der Waals surface area contributed by atoms with Gasteiger partial charge in [0.2, 0.25) is 11.8 Å². The van der Waals surface area contributed by atoms with E-state index < -0.39 is 21.8 Å². The van der Waals surface area contributed by atoms with Gasteiger partial charge in [-0.2, -0.15) is 0 Å². The zero-order chi connectivity index (χ0) is 19.1. The second-order valence-electron chi connectivity index (χ2n) is 6.31. The van der Waals surface area contributed by atoms with Crippen LogP contribution in [-0.2, 0) is 26.7 Å². The van der Waals surface area contributed by atoms with Gasteiger partial charge in [0.25, 0.3) is 10.0 Å². The zero-order valence-electron chi connectivity index (χ0n) is 14.4. The fourth-order valence-corrected chi connectivity index (χ4v) is 5.08. The number of likely N-dealkylation sites (tertiary alicyclic amines) is 1. The molecular formula is C16H19N3O5S2. The van der Waals surface area contributed by atoms with Crippen molar-refractivity contribution < 1.29 is 18.0 Å². The van der Waals surface area contributed by atoms with Gasteiger partial charge >= 0.3 is 4.87 Å². The van der Waals surface area contributed by atoms with Crippen molar-refractivity contribution in [3.8, 4) is 0 Å². The Morgan fingerprint density at radius 2 is 1.88 bits per heavy atom. The molecule has 0 bridgehead atoms. The summed E-state index contributed by atoms with van der Waals surface area (Å²) in [5, 5.41) is 0. The number of aromatic nitrogens is 1. The van der Waals surface area contributed by atoms with Gasteiger partial charge in [0.05, 0.1) is 15.1 Å². The highest BCUT2D eigenvalue weighted by molar-refractivity contribution is 7.90. The third-order valence-corrected chi connectivity index (χ3v) is 6.96. The predicted octanol–water partition coefficient (Wildman–Crippen LogP) is 0.663. The molecule has 1 N–H and O–H groups in total. The Bertz CT molecular complexity index is 1030. The molecule has 10 heteroatoms. The molecule has 1 aliphatic rings. The highest BCUT2D eigenvalue weighted by Gasteiger charge is 2.29. The molecule has 0 unspecified atom stereocenters. The number of nitrogens with one attached hydrogen (secondary N) is 1. The lowest BCUT2D eigenvalue weighted by Gasteiger charge is -2.30. The number of piperidine rings is 1. The molecule has 1 aliphatic heterocycles. The van der Waals surface area contributed by atoms with Crippen LogP contribution in [0.15, 0.2) is 27.9 Å². The lowest BCUT2D eigenvalue weighted by atomic mass is 9.96. The number of carbonyl (C=O) groups is 2. The Hall–Kier alpha value is -2.20. The molecule has 8 nitrogen and oxygen atoms in total. The van der Waals surface area contributed by atoms with Gasteiger partial charge in [0.1, 0.15) is 0 Å². The topological polar surface area (TPSA) is 106 Å². The maximum atomic E-state index is 12.5. The maximum absolute atomic E-state index is 12.5. The molecule has 26 heavy (non-hydrogen) atoms. The smallest absolute Gasteiger partial charge is 0.307 e. The molecule has 3 rings (SSSR count). The quantitative estimate of drug-likeness (QED) is 0.819. The average Bonchev–Trinajstić information content (AvgIpc) is 2.88. The first-order valence-corrected chi connectivity index (χ1v) is 10.4. The number of amides is 2. The minimum Gasteiger partial charge on any atom is -0.343 e. The number of nitrogens with zero attached hydrogens (tertiary/aromatic N) is 2. The van der Waals surface area contributed by atoms with E-state index >= 15 is 0 Å². The Balaban J connectivity index is 1.75. The summed E-state index contributed by atoms with van der Waals surface area (Å²) >= 11 is 0.952. The average molecular weight is 397 g/mol. The molecular weight excluding hydrogens is 378 g/mol. The van der Waals surface area contributed by atoms with Crippen LogP contribution in [-0.4, -0.2) is 42.8 Å². The lowest BCUT2D eigenvalue weighted by Crippen LogP contribution is -2.43. The summed E-state index contributed by atoms with van der Waals surface area (Å²) in [5.74, 6) is -1.06. The van der Waals surface area contributed by atoms with Gasteiger partial charge in [-0.1, -0.05) is 11.3 Å². The van der Waals surface area contributed by atoms with Crippen molar-refractivity contribution >= 4 is 43.4 Å². The van der Waals surface area contributed by atoms with E-state index in [-0.39, 0.29) is 15.7 Å². The first-order chi connectivity index (χ1) is 12.2. The molecule has 1 aromatic heterocycles. The number of sulfonamides is 1. The summed E-state index contributed by atoms with van der Waals surface area (Å²) in [4.78, 5) is 36.8. The van der Waals surface area contributed by atoms with E-state index in [1.165, 1.54) is 23.6 Å². The second kappa shape index (κ2) is 6.84. The van der Waals surface area contributed by atoms with Crippen molar-refractivity contribution in [1.29, 1.82) is 0 Å². The van der Waals surface area contributed by atoms with Gasteiger partial charge in [-0.25, -0.2) is 13.1 Å². The first-order valence-electron chi connectivity index (χ1n) is 8.11. The van der Waals surface area contributed by atoms with E-state index in [9.17, 15) is 22.8 Å². The molecule has 140 valence electrons. The second-order valence-corrected chi connectivity index (χ2v) is 8.98. The summed E-state index contributed by atoms with van der Waals surface area (Å²) in [6.45, 7) is 2.35. The molecule has 0 atom stereocenters. The Kier molecular flexibility index (Phi) is 4.89. The largest absolute Gasteiger partial charge is 0.343 e. The Labute approximate surface area is 154 Å². The van der Waals surface area contributed by atoms with Crippen molar-refractivity contribution in [2.24, 2.45) is 13.0 Å². The predicted molar refractivity (Wildman–Crippen MR) is 97.4 cm³/mol. The molecule has 0 saturated carbocycles. The van der Waals surface area contributed by atoms with Crippen molar-refractivity contribution in [3.63, 3.8) is 0 Å². The monoisotopic (exact) mass is 397 g/mol. The van der Waals surface area contributed by atoms with Gasteiger partial charge in [0, 0.05) is 33.0 Å². The van der Waals surface area contributed by atoms with Crippen LogP contribution in [0.25, 0.3) is 10.2 Å². The van der Waals surface area contributed by atoms with Crippen LogP contribution in [0.5, 0.6) is 0 Å². The Morgan fingerprint density at radius 3 is 2.50 bits per heavy atom. The van der Waals surface area contributed by atoms with Gasteiger partial charge in [-0.15, -0.1) is 0 Å². The summed E-state index contributed by atoms with van der Waals surface area (Å²) < 4.78 is 29.1. The van der Waals surface area contributed by atoms with Crippen molar-refractivity contribution in [1.82, 2.24) is 14.2 Å². The highest BCUT2D eigenvalue weighted by atomic mass is 32.2. The number of benzene rings is 1.